The molecule has 1 aliphatic heterocycles. The smallest absolute Gasteiger partial charge is 0.230 e. The van der Waals surface area contributed by atoms with Crippen molar-refractivity contribution in [2.45, 2.75) is 0 Å². The van der Waals surface area contributed by atoms with Gasteiger partial charge in [-0.2, -0.15) is 0 Å². The van der Waals surface area contributed by atoms with Crippen molar-refractivity contribution in [3.8, 4) is 5.75 Å². The highest BCUT2D eigenvalue weighted by Crippen LogP contribution is 2.23. The Bertz CT molecular complexity index is 799. The summed E-state index contributed by atoms with van der Waals surface area (Å²) >= 11 is 0. The van der Waals surface area contributed by atoms with Crippen molar-refractivity contribution in [1.82, 2.24) is 4.98 Å². The van der Waals surface area contributed by atoms with Gasteiger partial charge in [0, 0.05) is 31.9 Å². The molecule has 134 valence electrons. The molecule has 0 radical (unpaired) electrons. The lowest BCUT2D eigenvalue weighted by Gasteiger charge is -2.37. The molecule has 0 bridgehead atoms. The molecule has 0 unspecified atom stereocenters. The third-order valence-corrected chi connectivity index (χ3v) is 4.70. The zero-order valence-corrected chi connectivity index (χ0v) is 15.2. The lowest BCUT2D eigenvalue weighted by atomic mass is 10.2. The first-order valence-electron chi connectivity index (χ1n) is 8.02. The monoisotopic (exact) mass is 362 g/mol. The van der Waals surface area contributed by atoms with Crippen LogP contribution in [0.1, 0.15) is 0 Å². The van der Waals surface area contributed by atoms with Gasteiger partial charge in [-0.1, -0.05) is 0 Å². The second-order valence-corrected chi connectivity index (χ2v) is 7.70. The highest BCUT2D eigenvalue weighted by atomic mass is 32.2. The quantitative estimate of drug-likeness (QED) is 0.874. The molecule has 2 aromatic rings. The maximum absolute atomic E-state index is 11.2. The van der Waals surface area contributed by atoms with Crippen molar-refractivity contribution in [1.29, 1.82) is 0 Å². The largest absolute Gasteiger partial charge is 0.497 e. The number of sulfonamides is 1. The standard InChI is InChI=1S/C17H22N4O3S/c1-24-16-6-3-14(4-7-16)20-9-11-21(12-10-20)15-5-8-17(18-13-15)19-25(2,22)23/h3-8,13H,9-12H2,1-2H3,(H,18,19). The van der Waals surface area contributed by atoms with E-state index in [0.29, 0.717) is 5.82 Å². The van der Waals surface area contributed by atoms with Crippen LogP contribution in [0.3, 0.4) is 0 Å². The van der Waals surface area contributed by atoms with Crippen molar-refractivity contribution >= 4 is 27.2 Å². The minimum Gasteiger partial charge on any atom is -0.497 e. The van der Waals surface area contributed by atoms with Crippen molar-refractivity contribution in [2.24, 2.45) is 0 Å². The van der Waals surface area contributed by atoms with Gasteiger partial charge in [0.1, 0.15) is 11.6 Å². The fraction of sp³-hybridized carbons (Fsp3) is 0.353. The molecule has 0 spiro atoms. The molecular weight excluding hydrogens is 340 g/mol. The summed E-state index contributed by atoms with van der Waals surface area (Å²) in [5, 5.41) is 0. The van der Waals surface area contributed by atoms with Gasteiger partial charge in [-0.3, -0.25) is 4.72 Å². The van der Waals surface area contributed by atoms with Crippen LogP contribution in [0.25, 0.3) is 0 Å². The van der Waals surface area contributed by atoms with Gasteiger partial charge in [-0.05, 0) is 36.4 Å². The number of methoxy groups -OCH3 is 1. The zero-order valence-electron chi connectivity index (χ0n) is 14.3. The van der Waals surface area contributed by atoms with Gasteiger partial charge in [0.05, 0.1) is 25.2 Å². The number of ether oxygens (including phenoxy) is 1. The first-order chi connectivity index (χ1) is 11.9. The molecule has 25 heavy (non-hydrogen) atoms. The molecule has 2 heterocycles. The van der Waals surface area contributed by atoms with E-state index in [2.05, 4.69) is 31.6 Å². The van der Waals surface area contributed by atoms with Crippen LogP contribution in [-0.4, -0.2) is 52.9 Å². The van der Waals surface area contributed by atoms with Crippen LogP contribution in [0, 0.1) is 0 Å². The van der Waals surface area contributed by atoms with Gasteiger partial charge < -0.3 is 14.5 Å². The number of nitrogens with zero attached hydrogens (tertiary/aromatic N) is 3. The number of pyridine rings is 1. The fourth-order valence-electron chi connectivity index (χ4n) is 2.84. The maximum Gasteiger partial charge on any atom is 0.230 e. The van der Waals surface area contributed by atoms with Gasteiger partial charge in [0.2, 0.25) is 10.0 Å². The first-order valence-corrected chi connectivity index (χ1v) is 9.91. The summed E-state index contributed by atoms with van der Waals surface area (Å²) in [6, 6.07) is 11.7. The Kier molecular flexibility index (Phi) is 4.98. The molecule has 1 saturated heterocycles. The molecule has 8 heteroatoms. The summed E-state index contributed by atoms with van der Waals surface area (Å²) in [4.78, 5) is 8.76. The van der Waals surface area contributed by atoms with Crippen molar-refractivity contribution in [3.05, 3.63) is 42.6 Å². The molecule has 1 aliphatic rings. The Hall–Kier alpha value is -2.48. The Morgan fingerprint density at radius 2 is 1.52 bits per heavy atom. The minimum atomic E-state index is -3.30. The third kappa shape index (κ3) is 4.54. The normalized spacial score (nSPS) is 15.1. The summed E-state index contributed by atoms with van der Waals surface area (Å²) in [5.41, 5.74) is 2.18. The van der Waals surface area contributed by atoms with Crippen LogP contribution in [0.5, 0.6) is 5.75 Å². The number of nitrogens with one attached hydrogen (secondary N) is 1. The second-order valence-electron chi connectivity index (χ2n) is 5.95. The number of piperazine rings is 1. The van der Waals surface area contributed by atoms with E-state index in [1.807, 2.05) is 18.2 Å². The number of hydrogen-bond donors (Lipinski definition) is 1. The van der Waals surface area contributed by atoms with Gasteiger partial charge in [0.15, 0.2) is 0 Å². The average Bonchev–Trinajstić information content (AvgIpc) is 2.61. The van der Waals surface area contributed by atoms with Gasteiger partial charge >= 0.3 is 0 Å². The van der Waals surface area contributed by atoms with Crippen molar-refractivity contribution in [2.75, 3.05) is 54.1 Å². The zero-order chi connectivity index (χ0) is 17.9. The highest BCUT2D eigenvalue weighted by molar-refractivity contribution is 7.92. The van der Waals surface area contributed by atoms with E-state index >= 15 is 0 Å². The third-order valence-electron chi connectivity index (χ3n) is 4.12. The topological polar surface area (TPSA) is 74.8 Å². The highest BCUT2D eigenvalue weighted by Gasteiger charge is 2.18. The van der Waals surface area contributed by atoms with E-state index in [4.69, 9.17) is 4.74 Å². The summed E-state index contributed by atoms with van der Waals surface area (Å²) < 4.78 is 30.0. The lowest BCUT2D eigenvalue weighted by Crippen LogP contribution is -2.46. The van der Waals surface area contributed by atoms with E-state index < -0.39 is 10.0 Å². The minimum absolute atomic E-state index is 0.336. The number of rotatable bonds is 5. The Balaban J connectivity index is 1.60. The van der Waals surface area contributed by atoms with Crippen LogP contribution < -0.4 is 19.3 Å². The number of hydrogen-bond acceptors (Lipinski definition) is 6. The lowest BCUT2D eigenvalue weighted by molar-refractivity contribution is 0.415. The van der Waals surface area contributed by atoms with Gasteiger partial charge in [0.25, 0.3) is 0 Å². The molecule has 3 rings (SSSR count). The van der Waals surface area contributed by atoms with E-state index in [1.165, 1.54) is 5.69 Å². The molecule has 0 atom stereocenters. The summed E-state index contributed by atoms with van der Waals surface area (Å²) in [7, 11) is -1.63. The van der Waals surface area contributed by atoms with E-state index in [-0.39, 0.29) is 0 Å². The average molecular weight is 362 g/mol. The maximum atomic E-state index is 11.2. The van der Waals surface area contributed by atoms with Crippen molar-refractivity contribution < 1.29 is 13.2 Å². The van der Waals surface area contributed by atoms with Crippen LogP contribution in [-0.2, 0) is 10.0 Å². The van der Waals surface area contributed by atoms with Gasteiger partial charge in [-0.15, -0.1) is 0 Å². The van der Waals surface area contributed by atoms with Crippen LogP contribution in [0.2, 0.25) is 0 Å². The predicted molar refractivity (Wildman–Crippen MR) is 100 cm³/mol. The van der Waals surface area contributed by atoms with Crippen molar-refractivity contribution in [3.63, 3.8) is 0 Å². The van der Waals surface area contributed by atoms with E-state index in [9.17, 15) is 8.42 Å². The molecule has 0 aliphatic carbocycles. The molecule has 1 N–H and O–H groups in total. The molecule has 1 aromatic heterocycles. The molecule has 0 saturated carbocycles. The van der Waals surface area contributed by atoms with Gasteiger partial charge in [-0.25, -0.2) is 13.4 Å². The second kappa shape index (κ2) is 7.18. The molecule has 1 aromatic carbocycles. The first kappa shape index (κ1) is 17.3. The predicted octanol–water partition coefficient (Wildman–Crippen LogP) is 1.79. The van der Waals surface area contributed by atoms with Crippen LogP contribution >= 0.6 is 0 Å². The van der Waals surface area contributed by atoms with Crippen LogP contribution in [0.4, 0.5) is 17.2 Å². The summed E-state index contributed by atoms with van der Waals surface area (Å²) in [6.07, 6.45) is 2.82. The molecule has 7 nitrogen and oxygen atoms in total. The number of anilines is 3. The number of aromatic nitrogens is 1. The Labute approximate surface area is 148 Å². The molecule has 1 fully saturated rings. The molecular formula is C17H22N4O3S. The summed E-state index contributed by atoms with van der Waals surface area (Å²) in [5.74, 6) is 1.19. The Morgan fingerprint density at radius 1 is 0.960 bits per heavy atom. The SMILES string of the molecule is COc1ccc(N2CCN(c3ccc(NS(C)(=O)=O)nc3)CC2)cc1. The van der Waals surface area contributed by atoms with Crippen LogP contribution in [0.15, 0.2) is 42.6 Å². The molecule has 0 amide bonds. The van der Waals surface area contributed by atoms with E-state index in [0.717, 1.165) is 43.9 Å². The Morgan fingerprint density at radius 3 is 2.00 bits per heavy atom. The van der Waals surface area contributed by atoms with E-state index in [1.54, 1.807) is 19.4 Å². The number of benzene rings is 1. The fourth-order valence-corrected chi connectivity index (χ4v) is 3.34. The summed E-state index contributed by atoms with van der Waals surface area (Å²) in [6.45, 7) is 3.59.